The van der Waals surface area contributed by atoms with E-state index in [0.717, 1.165) is 11.3 Å². The van der Waals surface area contributed by atoms with Crippen molar-refractivity contribution in [2.75, 3.05) is 4.90 Å². The van der Waals surface area contributed by atoms with E-state index in [9.17, 15) is 5.11 Å². The van der Waals surface area contributed by atoms with E-state index >= 15 is 0 Å². The topological polar surface area (TPSA) is 53.3 Å². The molecule has 5 nitrogen and oxygen atoms in total. The molecule has 0 radical (unpaired) electrons. The molecule has 1 fully saturated rings. The van der Waals surface area contributed by atoms with Crippen LogP contribution >= 0.6 is 12.2 Å². The molecule has 126 valence electrons. The summed E-state index contributed by atoms with van der Waals surface area (Å²) in [7, 11) is 1.99. The van der Waals surface area contributed by atoms with Gasteiger partial charge in [-0.05, 0) is 48.1 Å². The highest BCUT2D eigenvalue weighted by atomic mass is 32.1. The van der Waals surface area contributed by atoms with Crippen LogP contribution in [0, 0.1) is 0 Å². The largest absolute Gasteiger partial charge is 0.506 e. The van der Waals surface area contributed by atoms with Crippen LogP contribution in [-0.4, -0.2) is 19.8 Å². The molecule has 0 bridgehead atoms. The highest BCUT2D eigenvalue weighted by molar-refractivity contribution is 7.80. The van der Waals surface area contributed by atoms with E-state index in [0.29, 0.717) is 10.8 Å². The molecule has 1 aromatic carbocycles. The minimum Gasteiger partial charge on any atom is -0.506 e. The summed E-state index contributed by atoms with van der Waals surface area (Å²) < 4.78 is 2.01. The number of para-hydroxylation sites is 2. The van der Waals surface area contributed by atoms with Crippen molar-refractivity contribution in [3.8, 4) is 5.75 Å². The SMILES string of the molecule is Cn1ccc([C@@H]2[C@H](c3ccccn3)NC(=S)N2c2ccccc2O)c1. The van der Waals surface area contributed by atoms with Crippen molar-refractivity contribution in [2.24, 2.45) is 7.05 Å². The minimum absolute atomic E-state index is 0.100. The van der Waals surface area contributed by atoms with Crippen LogP contribution in [0.3, 0.4) is 0 Å². The predicted molar refractivity (Wildman–Crippen MR) is 101 cm³/mol. The Kier molecular flexibility index (Phi) is 3.89. The molecule has 3 heterocycles. The van der Waals surface area contributed by atoms with Gasteiger partial charge in [0, 0.05) is 25.6 Å². The highest BCUT2D eigenvalue weighted by Gasteiger charge is 2.41. The molecule has 1 saturated heterocycles. The van der Waals surface area contributed by atoms with E-state index in [4.69, 9.17) is 12.2 Å². The van der Waals surface area contributed by atoms with Gasteiger partial charge in [-0.2, -0.15) is 0 Å². The number of phenols is 1. The summed E-state index contributed by atoms with van der Waals surface area (Å²) >= 11 is 5.61. The van der Waals surface area contributed by atoms with Gasteiger partial charge in [-0.25, -0.2) is 0 Å². The van der Waals surface area contributed by atoms with Crippen molar-refractivity contribution in [3.63, 3.8) is 0 Å². The first kappa shape index (κ1) is 15.7. The first-order valence-electron chi connectivity index (χ1n) is 8.05. The number of aromatic hydroxyl groups is 1. The lowest BCUT2D eigenvalue weighted by atomic mass is 9.98. The molecule has 1 aliphatic heterocycles. The van der Waals surface area contributed by atoms with Gasteiger partial charge < -0.3 is 19.9 Å². The minimum atomic E-state index is -0.101. The van der Waals surface area contributed by atoms with Crippen LogP contribution in [0.2, 0.25) is 0 Å². The maximum Gasteiger partial charge on any atom is 0.174 e. The fraction of sp³-hybridized carbons (Fsp3) is 0.158. The lowest BCUT2D eigenvalue weighted by Gasteiger charge is -2.27. The lowest BCUT2D eigenvalue weighted by Crippen LogP contribution is -2.29. The molecule has 0 spiro atoms. The maximum absolute atomic E-state index is 10.4. The zero-order chi connectivity index (χ0) is 17.4. The van der Waals surface area contributed by atoms with E-state index in [1.165, 1.54) is 0 Å². The average molecular weight is 350 g/mol. The molecular formula is C19H18N4OS. The summed E-state index contributed by atoms with van der Waals surface area (Å²) in [5.41, 5.74) is 2.71. The van der Waals surface area contributed by atoms with Crippen molar-refractivity contribution in [2.45, 2.75) is 12.1 Å². The van der Waals surface area contributed by atoms with Crippen LogP contribution in [0.1, 0.15) is 23.3 Å². The molecule has 2 atom stereocenters. The standard InChI is InChI=1S/C19H18N4OS/c1-22-11-9-13(12-22)18-17(14-6-4-5-10-20-14)21-19(25)23(18)15-7-2-3-8-16(15)24/h2-12,17-18,24H,1H3,(H,21,25)/t17-,18+/m0/s1. The third kappa shape index (κ3) is 2.74. The number of phenolic OH excluding ortho intramolecular Hbond substituents is 1. The number of hydrogen-bond donors (Lipinski definition) is 2. The number of pyridine rings is 1. The average Bonchev–Trinajstić information content (AvgIpc) is 3.19. The Bertz CT molecular complexity index is 909. The zero-order valence-electron chi connectivity index (χ0n) is 13.7. The summed E-state index contributed by atoms with van der Waals surface area (Å²) in [5.74, 6) is 0.203. The van der Waals surface area contributed by atoms with Gasteiger partial charge in [-0.1, -0.05) is 18.2 Å². The summed E-state index contributed by atoms with van der Waals surface area (Å²) in [6, 6.07) is 15.0. The summed E-state index contributed by atoms with van der Waals surface area (Å²) in [6.45, 7) is 0. The molecule has 6 heteroatoms. The molecule has 0 aliphatic carbocycles. The van der Waals surface area contributed by atoms with E-state index in [1.807, 2.05) is 53.0 Å². The number of anilines is 1. The van der Waals surface area contributed by atoms with Crippen molar-refractivity contribution >= 4 is 23.0 Å². The number of thiocarbonyl (C=S) groups is 1. The highest BCUT2D eigenvalue weighted by Crippen LogP contribution is 2.43. The van der Waals surface area contributed by atoms with Crippen molar-refractivity contribution in [1.82, 2.24) is 14.9 Å². The number of benzene rings is 1. The van der Waals surface area contributed by atoms with E-state index in [1.54, 1.807) is 18.3 Å². The second-order valence-electron chi connectivity index (χ2n) is 6.10. The molecule has 0 amide bonds. The monoisotopic (exact) mass is 350 g/mol. The van der Waals surface area contributed by atoms with Crippen LogP contribution in [0.15, 0.2) is 67.1 Å². The fourth-order valence-electron chi connectivity index (χ4n) is 3.32. The molecule has 2 aromatic heterocycles. The molecule has 25 heavy (non-hydrogen) atoms. The molecule has 0 saturated carbocycles. The predicted octanol–water partition coefficient (Wildman–Crippen LogP) is 3.30. The molecule has 4 rings (SSSR count). The van der Waals surface area contributed by atoms with Gasteiger partial charge >= 0.3 is 0 Å². The van der Waals surface area contributed by atoms with E-state index < -0.39 is 0 Å². The van der Waals surface area contributed by atoms with Crippen LogP contribution in [0.5, 0.6) is 5.75 Å². The number of nitrogens with zero attached hydrogens (tertiary/aromatic N) is 3. The Hall–Kier alpha value is -2.86. The first-order valence-corrected chi connectivity index (χ1v) is 8.46. The van der Waals surface area contributed by atoms with Gasteiger partial charge in [0.2, 0.25) is 0 Å². The fourth-order valence-corrected chi connectivity index (χ4v) is 3.66. The van der Waals surface area contributed by atoms with Gasteiger partial charge in [-0.3, -0.25) is 4.98 Å². The van der Waals surface area contributed by atoms with Crippen molar-refractivity contribution in [3.05, 3.63) is 78.4 Å². The number of nitrogens with one attached hydrogen (secondary N) is 1. The Morgan fingerprint density at radius 2 is 1.92 bits per heavy atom. The number of rotatable bonds is 3. The molecule has 3 aromatic rings. The van der Waals surface area contributed by atoms with Crippen LogP contribution in [0.4, 0.5) is 5.69 Å². The van der Waals surface area contributed by atoms with Crippen molar-refractivity contribution in [1.29, 1.82) is 0 Å². The zero-order valence-corrected chi connectivity index (χ0v) is 14.5. The van der Waals surface area contributed by atoms with Gasteiger partial charge in [-0.15, -0.1) is 0 Å². The van der Waals surface area contributed by atoms with Crippen molar-refractivity contribution < 1.29 is 5.11 Å². The second-order valence-corrected chi connectivity index (χ2v) is 6.48. The molecular weight excluding hydrogens is 332 g/mol. The summed E-state index contributed by atoms with van der Waals surface area (Å²) in [5, 5.41) is 14.3. The number of aromatic nitrogens is 2. The summed E-state index contributed by atoms with van der Waals surface area (Å²) in [4.78, 5) is 6.48. The Labute approximate surface area is 151 Å². The Morgan fingerprint density at radius 3 is 2.60 bits per heavy atom. The molecule has 1 aliphatic rings. The number of hydrogen-bond acceptors (Lipinski definition) is 3. The third-order valence-electron chi connectivity index (χ3n) is 4.44. The second kappa shape index (κ2) is 6.22. The smallest absolute Gasteiger partial charge is 0.174 e. The third-order valence-corrected chi connectivity index (χ3v) is 4.75. The lowest BCUT2D eigenvalue weighted by molar-refractivity contribution is 0.473. The van der Waals surface area contributed by atoms with E-state index in [-0.39, 0.29) is 17.8 Å². The van der Waals surface area contributed by atoms with Crippen LogP contribution < -0.4 is 10.2 Å². The molecule has 0 unspecified atom stereocenters. The maximum atomic E-state index is 10.4. The molecule has 2 N–H and O–H groups in total. The van der Waals surface area contributed by atoms with Gasteiger partial charge in [0.25, 0.3) is 0 Å². The van der Waals surface area contributed by atoms with Gasteiger partial charge in [0.05, 0.1) is 23.5 Å². The quantitative estimate of drug-likeness (QED) is 0.710. The van der Waals surface area contributed by atoms with Crippen LogP contribution in [-0.2, 0) is 7.05 Å². The van der Waals surface area contributed by atoms with Gasteiger partial charge in [0.15, 0.2) is 5.11 Å². The van der Waals surface area contributed by atoms with Gasteiger partial charge in [0.1, 0.15) is 5.75 Å². The Balaban J connectivity index is 1.85. The normalized spacial score (nSPS) is 19.9. The number of aryl methyl sites for hydroxylation is 1. The van der Waals surface area contributed by atoms with Crippen LogP contribution in [0.25, 0.3) is 0 Å². The summed E-state index contributed by atoms with van der Waals surface area (Å²) in [6.07, 6.45) is 5.86. The Morgan fingerprint density at radius 1 is 1.12 bits per heavy atom. The van der Waals surface area contributed by atoms with E-state index in [2.05, 4.69) is 22.6 Å². The first-order chi connectivity index (χ1) is 12.1.